The maximum Gasteiger partial charge on any atom is 0.0213 e. The normalized spacial score (nSPS) is 14.3. The Balaban J connectivity index is 3.41. The van der Waals surface area contributed by atoms with Crippen LogP contribution >= 0.6 is 0 Å². The molecule has 0 aliphatic heterocycles. The van der Waals surface area contributed by atoms with E-state index in [1.807, 2.05) is 0 Å². The lowest BCUT2D eigenvalue weighted by atomic mass is 10.1. The highest BCUT2D eigenvalue weighted by molar-refractivity contribution is 4.69. The largest absolute Gasteiger partial charge is 0.329 e. The second-order valence-electron chi connectivity index (χ2n) is 2.64. The van der Waals surface area contributed by atoms with E-state index in [1.54, 1.807) is 0 Å². The maximum absolute atomic E-state index is 5.50. The van der Waals surface area contributed by atoms with Gasteiger partial charge in [-0.25, -0.2) is 0 Å². The number of rotatable bonds is 4. The molecule has 0 heterocycles. The molecular formula is C7H18N2. The molecule has 2 heteroatoms. The standard InChI is InChI=1S/C7H18N2/c1-4-9-7(5-8)6(2)3/h6-7,9H,4-5,8H2,1-3H3/t7-/m0/s1. The van der Waals surface area contributed by atoms with Gasteiger partial charge in [0.15, 0.2) is 0 Å². The summed E-state index contributed by atoms with van der Waals surface area (Å²) in [4.78, 5) is 0. The minimum atomic E-state index is 0.495. The Bertz CT molecular complexity index is 61.9. The molecule has 2 nitrogen and oxygen atoms in total. The van der Waals surface area contributed by atoms with Crippen LogP contribution in [0.2, 0.25) is 0 Å². The zero-order valence-electron chi connectivity index (χ0n) is 6.65. The number of hydrogen-bond acceptors (Lipinski definition) is 2. The maximum atomic E-state index is 5.50. The lowest BCUT2D eigenvalue weighted by molar-refractivity contribution is 0.415. The second-order valence-corrected chi connectivity index (χ2v) is 2.64. The molecule has 0 aromatic carbocycles. The van der Waals surface area contributed by atoms with Gasteiger partial charge in [0.25, 0.3) is 0 Å². The fourth-order valence-corrected chi connectivity index (χ4v) is 0.853. The van der Waals surface area contributed by atoms with Gasteiger partial charge in [0.2, 0.25) is 0 Å². The Morgan fingerprint density at radius 3 is 2.11 bits per heavy atom. The molecule has 9 heavy (non-hydrogen) atoms. The average molecular weight is 130 g/mol. The Hall–Kier alpha value is -0.0800. The van der Waals surface area contributed by atoms with Gasteiger partial charge in [0.1, 0.15) is 0 Å². The number of nitrogens with two attached hydrogens (primary N) is 1. The van der Waals surface area contributed by atoms with Gasteiger partial charge in [-0.15, -0.1) is 0 Å². The van der Waals surface area contributed by atoms with E-state index in [-0.39, 0.29) is 0 Å². The fourth-order valence-electron chi connectivity index (χ4n) is 0.853. The third-order valence-electron chi connectivity index (χ3n) is 1.52. The Morgan fingerprint density at radius 2 is 2.00 bits per heavy atom. The first-order valence-electron chi connectivity index (χ1n) is 3.65. The molecule has 1 atom stereocenters. The topological polar surface area (TPSA) is 38.0 Å². The number of hydrogen-bond donors (Lipinski definition) is 2. The van der Waals surface area contributed by atoms with E-state index in [4.69, 9.17) is 5.73 Å². The van der Waals surface area contributed by atoms with Crippen LogP contribution in [0, 0.1) is 5.92 Å². The zero-order chi connectivity index (χ0) is 7.28. The number of likely N-dealkylation sites (N-methyl/N-ethyl adjacent to an activating group) is 1. The van der Waals surface area contributed by atoms with Crippen molar-refractivity contribution in [3.05, 3.63) is 0 Å². The van der Waals surface area contributed by atoms with Crippen LogP contribution in [-0.4, -0.2) is 19.1 Å². The smallest absolute Gasteiger partial charge is 0.0213 e. The molecule has 0 radical (unpaired) electrons. The van der Waals surface area contributed by atoms with Gasteiger partial charge in [-0.3, -0.25) is 0 Å². The Labute approximate surface area is 57.8 Å². The van der Waals surface area contributed by atoms with E-state index in [0.717, 1.165) is 13.1 Å². The highest BCUT2D eigenvalue weighted by Crippen LogP contribution is 1.97. The van der Waals surface area contributed by atoms with Crippen LogP contribution in [0.15, 0.2) is 0 Å². The molecule has 0 bridgehead atoms. The van der Waals surface area contributed by atoms with Crippen molar-refractivity contribution in [1.29, 1.82) is 0 Å². The average Bonchev–Trinajstić information content (AvgIpc) is 1.82. The van der Waals surface area contributed by atoms with Crippen LogP contribution in [0.25, 0.3) is 0 Å². The van der Waals surface area contributed by atoms with Crippen molar-refractivity contribution in [3.63, 3.8) is 0 Å². The molecule has 0 rings (SSSR count). The van der Waals surface area contributed by atoms with E-state index < -0.39 is 0 Å². The SMILES string of the molecule is CCN[C@@H](CN)C(C)C. The summed E-state index contributed by atoms with van der Waals surface area (Å²) in [6, 6.07) is 0.495. The second kappa shape index (κ2) is 4.77. The summed E-state index contributed by atoms with van der Waals surface area (Å²) in [7, 11) is 0. The molecule has 0 aromatic rings. The summed E-state index contributed by atoms with van der Waals surface area (Å²) in [5.41, 5.74) is 5.50. The van der Waals surface area contributed by atoms with Gasteiger partial charge >= 0.3 is 0 Å². The first kappa shape index (κ1) is 8.92. The third-order valence-corrected chi connectivity index (χ3v) is 1.52. The van der Waals surface area contributed by atoms with Crippen LogP contribution in [0.4, 0.5) is 0 Å². The van der Waals surface area contributed by atoms with Gasteiger partial charge in [-0.05, 0) is 12.5 Å². The van der Waals surface area contributed by atoms with Gasteiger partial charge in [0, 0.05) is 12.6 Å². The zero-order valence-corrected chi connectivity index (χ0v) is 6.65. The van der Waals surface area contributed by atoms with Crippen LogP contribution in [0.1, 0.15) is 20.8 Å². The van der Waals surface area contributed by atoms with E-state index in [2.05, 4.69) is 26.1 Å². The van der Waals surface area contributed by atoms with Crippen molar-refractivity contribution < 1.29 is 0 Å². The predicted molar refractivity (Wildman–Crippen MR) is 41.4 cm³/mol. The Kier molecular flexibility index (Phi) is 4.72. The van der Waals surface area contributed by atoms with Gasteiger partial charge in [-0.2, -0.15) is 0 Å². The van der Waals surface area contributed by atoms with Crippen molar-refractivity contribution in [2.75, 3.05) is 13.1 Å². The van der Waals surface area contributed by atoms with Crippen LogP contribution < -0.4 is 11.1 Å². The number of nitrogens with one attached hydrogen (secondary N) is 1. The first-order valence-corrected chi connectivity index (χ1v) is 3.65. The van der Waals surface area contributed by atoms with E-state index in [0.29, 0.717) is 12.0 Å². The van der Waals surface area contributed by atoms with E-state index >= 15 is 0 Å². The molecule has 0 spiro atoms. The summed E-state index contributed by atoms with van der Waals surface area (Å²) in [5, 5.41) is 3.31. The molecule has 0 unspecified atom stereocenters. The highest BCUT2D eigenvalue weighted by Gasteiger charge is 2.07. The summed E-state index contributed by atoms with van der Waals surface area (Å²) in [6.07, 6.45) is 0. The van der Waals surface area contributed by atoms with Crippen molar-refractivity contribution >= 4 is 0 Å². The molecule has 0 amide bonds. The molecule has 3 N–H and O–H groups in total. The van der Waals surface area contributed by atoms with Crippen LogP contribution in [0.5, 0.6) is 0 Å². The fraction of sp³-hybridized carbons (Fsp3) is 1.00. The summed E-state index contributed by atoms with van der Waals surface area (Å²) in [6.45, 7) is 8.22. The van der Waals surface area contributed by atoms with E-state index in [1.165, 1.54) is 0 Å². The van der Waals surface area contributed by atoms with Crippen LogP contribution in [0.3, 0.4) is 0 Å². The predicted octanol–water partition coefficient (Wildman–Crippen LogP) is 0.579. The molecule has 0 aromatic heterocycles. The molecular weight excluding hydrogens is 112 g/mol. The molecule has 0 saturated carbocycles. The lowest BCUT2D eigenvalue weighted by Gasteiger charge is -2.18. The summed E-state index contributed by atoms with van der Waals surface area (Å²) < 4.78 is 0. The van der Waals surface area contributed by atoms with Gasteiger partial charge < -0.3 is 11.1 Å². The molecule has 0 aliphatic rings. The monoisotopic (exact) mass is 130 g/mol. The third kappa shape index (κ3) is 3.49. The van der Waals surface area contributed by atoms with Crippen molar-refractivity contribution in [1.82, 2.24) is 5.32 Å². The molecule has 0 fully saturated rings. The van der Waals surface area contributed by atoms with Crippen LogP contribution in [-0.2, 0) is 0 Å². The van der Waals surface area contributed by atoms with Gasteiger partial charge in [-0.1, -0.05) is 20.8 Å². The van der Waals surface area contributed by atoms with Crippen molar-refractivity contribution in [2.24, 2.45) is 11.7 Å². The van der Waals surface area contributed by atoms with Crippen molar-refractivity contribution in [2.45, 2.75) is 26.8 Å². The first-order chi connectivity index (χ1) is 4.22. The summed E-state index contributed by atoms with van der Waals surface area (Å²) in [5.74, 6) is 0.648. The lowest BCUT2D eigenvalue weighted by Crippen LogP contribution is -2.39. The molecule has 0 aliphatic carbocycles. The van der Waals surface area contributed by atoms with Crippen molar-refractivity contribution in [3.8, 4) is 0 Å². The Morgan fingerprint density at radius 1 is 1.44 bits per heavy atom. The molecule has 0 saturated heterocycles. The quantitative estimate of drug-likeness (QED) is 0.584. The summed E-state index contributed by atoms with van der Waals surface area (Å²) >= 11 is 0. The molecule has 56 valence electrons. The highest BCUT2D eigenvalue weighted by atomic mass is 14.9. The minimum Gasteiger partial charge on any atom is -0.329 e. The van der Waals surface area contributed by atoms with Gasteiger partial charge in [0.05, 0.1) is 0 Å². The van der Waals surface area contributed by atoms with E-state index in [9.17, 15) is 0 Å². The minimum absolute atomic E-state index is 0.495.